The number of nitrogens with zero attached hydrogens (tertiary/aromatic N) is 5. The molecule has 1 aliphatic heterocycles. The van der Waals surface area contributed by atoms with E-state index in [0.717, 1.165) is 29.1 Å². The number of amides is 1. The van der Waals surface area contributed by atoms with Crippen molar-refractivity contribution in [3.05, 3.63) is 59.8 Å². The van der Waals surface area contributed by atoms with Crippen LogP contribution in [0.25, 0.3) is 11.4 Å². The summed E-state index contributed by atoms with van der Waals surface area (Å²) in [6.07, 6.45) is 5.97. The molecule has 132 valence electrons. The summed E-state index contributed by atoms with van der Waals surface area (Å²) >= 11 is 0. The summed E-state index contributed by atoms with van der Waals surface area (Å²) in [5.41, 5.74) is 3.54. The molecule has 0 radical (unpaired) electrons. The Morgan fingerprint density at radius 3 is 2.69 bits per heavy atom. The van der Waals surface area contributed by atoms with Gasteiger partial charge in [0.2, 0.25) is 0 Å². The van der Waals surface area contributed by atoms with Crippen molar-refractivity contribution in [1.82, 2.24) is 24.8 Å². The average molecular weight is 348 g/mol. The quantitative estimate of drug-likeness (QED) is 0.784. The molecule has 26 heavy (non-hydrogen) atoms. The molecule has 1 aliphatic rings. The number of anilines is 1. The topological polar surface area (TPSA) is 78.0 Å². The monoisotopic (exact) mass is 348 g/mol. The Labute approximate surface area is 151 Å². The van der Waals surface area contributed by atoms with E-state index in [1.165, 1.54) is 0 Å². The highest BCUT2D eigenvalue weighted by Gasteiger charge is 2.27. The number of aromatic amines is 1. The standard InChI is InChI=1S/C19H20N6O/c1-24(2)18-14-7-11-25(19(26)15-4-3-8-21-15)12-16(14)22-17(23-18)13-5-9-20-10-6-13/h3-6,8-10,21H,7,11-12H2,1-2H3. The van der Waals surface area contributed by atoms with Crippen LogP contribution in [0, 0.1) is 0 Å². The molecule has 0 spiro atoms. The minimum absolute atomic E-state index is 0.00359. The maximum absolute atomic E-state index is 12.7. The fraction of sp³-hybridized carbons (Fsp3) is 0.263. The lowest BCUT2D eigenvalue weighted by atomic mass is 10.0. The molecule has 1 amide bonds. The molecule has 0 atom stereocenters. The zero-order valence-corrected chi connectivity index (χ0v) is 14.8. The Kier molecular flexibility index (Phi) is 4.12. The normalized spacial score (nSPS) is 13.4. The largest absolute Gasteiger partial charge is 0.362 e. The van der Waals surface area contributed by atoms with Crippen molar-refractivity contribution in [2.75, 3.05) is 25.5 Å². The molecule has 4 rings (SSSR count). The number of carbonyl (C=O) groups is 1. The molecular weight excluding hydrogens is 328 g/mol. The molecular formula is C19H20N6O. The van der Waals surface area contributed by atoms with E-state index < -0.39 is 0 Å². The highest BCUT2D eigenvalue weighted by atomic mass is 16.2. The van der Waals surface area contributed by atoms with Gasteiger partial charge in [0.05, 0.1) is 12.2 Å². The van der Waals surface area contributed by atoms with Crippen molar-refractivity contribution in [2.45, 2.75) is 13.0 Å². The Balaban J connectivity index is 1.73. The molecule has 0 unspecified atom stereocenters. The Hall–Kier alpha value is -3.22. The number of pyridine rings is 1. The fourth-order valence-electron chi connectivity index (χ4n) is 3.22. The van der Waals surface area contributed by atoms with Gasteiger partial charge < -0.3 is 14.8 Å². The van der Waals surface area contributed by atoms with Crippen LogP contribution in [-0.2, 0) is 13.0 Å². The number of fused-ring (bicyclic) bond motifs is 1. The van der Waals surface area contributed by atoms with Crippen molar-refractivity contribution >= 4 is 11.7 Å². The number of aromatic nitrogens is 4. The lowest BCUT2D eigenvalue weighted by molar-refractivity contribution is 0.0726. The molecule has 4 heterocycles. The van der Waals surface area contributed by atoms with Gasteiger partial charge in [0.25, 0.3) is 5.91 Å². The number of nitrogens with one attached hydrogen (secondary N) is 1. The lowest BCUT2D eigenvalue weighted by Crippen LogP contribution is -2.37. The predicted molar refractivity (Wildman–Crippen MR) is 98.8 cm³/mol. The van der Waals surface area contributed by atoms with Gasteiger partial charge in [-0.2, -0.15) is 0 Å². The summed E-state index contributed by atoms with van der Waals surface area (Å²) in [4.78, 5) is 33.1. The van der Waals surface area contributed by atoms with Crippen LogP contribution in [0.3, 0.4) is 0 Å². The third kappa shape index (κ3) is 2.92. The molecule has 0 saturated heterocycles. The van der Waals surface area contributed by atoms with Crippen LogP contribution >= 0.6 is 0 Å². The first-order chi connectivity index (χ1) is 12.6. The third-order valence-electron chi connectivity index (χ3n) is 4.52. The number of carbonyl (C=O) groups excluding carboxylic acids is 1. The lowest BCUT2D eigenvalue weighted by Gasteiger charge is -2.30. The molecule has 3 aromatic rings. The molecule has 0 saturated carbocycles. The van der Waals surface area contributed by atoms with Gasteiger partial charge in [-0.15, -0.1) is 0 Å². The Morgan fingerprint density at radius 2 is 2.00 bits per heavy atom. The maximum Gasteiger partial charge on any atom is 0.270 e. The maximum atomic E-state index is 12.7. The second kappa shape index (κ2) is 6.59. The zero-order chi connectivity index (χ0) is 18.1. The van der Waals surface area contributed by atoms with Gasteiger partial charge >= 0.3 is 0 Å². The smallest absolute Gasteiger partial charge is 0.270 e. The van der Waals surface area contributed by atoms with Crippen molar-refractivity contribution in [1.29, 1.82) is 0 Å². The van der Waals surface area contributed by atoms with E-state index in [2.05, 4.69) is 9.97 Å². The summed E-state index contributed by atoms with van der Waals surface area (Å²) < 4.78 is 0. The van der Waals surface area contributed by atoms with Gasteiger partial charge in [-0.1, -0.05) is 0 Å². The first kappa shape index (κ1) is 16.3. The summed E-state index contributed by atoms with van der Waals surface area (Å²) in [5.74, 6) is 1.56. The molecule has 0 aromatic carbocycles. The molecule has 7 heteroatoms. The van der Waals surface area contributed by atoms with Gasteiger partial charge in [0, 0.05) is 50.4 Å². The molecule has 3 aromatic heterocycles. The summed E-state index contributed by atoms with van der Waals surface area (Å²) in [5, 5.41) is 0. The summed E-state index contributed by atoms with van der Waals surface area (Å²) in [6, 6.07) is 7.42. The highest BCUT2D eigenvalue weighted by molar-refractivity contribution is 5.92. The molecule has 0 fully saturated rings. The van der Waals surface area contributed by atoms with Gasteiger partial charge in [-0.25, -0.2) is 9.97 Å². The van der Waals surface area contributed by atoms with Crippen LogP contribution in [0.15, 0.2) is 42.9 Å². The fourth-order valence-corrected chi connectivity index (χ4v) is 3.22. The van der Waals surface area contributed by atoms with Crippen molar-refractivity contribution < 1.29 is 4.79 Å². The van der Waals surface area contributed by atoms with E-state index >= 15 is 0 Å². The van der Waals surface area contributed by atoms with Crippen LogP contribution in [0.4, 0.5) is 5.82 Å². The Bertz CT molecular complexity index is 921. The third-order valence-corrected chi connectivity index (χ3v) is 4.52. The first-order valence-electron chi connectivity index (χ1n) is 8.53. The minimum Gasteiger partial charge on any atom is -0.362 e. The number of rotatable bonds is 3. The first-order valence-corrected chi connectivity index (χ1v) is 8.53. The Morgan fingerprint density at radius 1 is 1.19 bits per heavy atom. The number of H-pyrrole nitrogens is 1. The van der Waals surface area contributed by atoms with Crippen LogP contribution < -0.4 is 4.90 Å². The molecule has 1 N–H and O–H groups in total. The van der Waals surface area contributed by atoms with Gasteiger partial charge in [0.15, 0.2) is 5.82 Å². The van der Waals surface area contributed by atoms with E-state index in [1.807, 2.05) is 42.1 Å². The van der Waals surface area contributed by atoms with Crippen molar-refractivity contribution in [3.63, 3.8) is 0 Å². The van der Waals surface area contributed by atoms with Gasteiger partial charge in [-0.05, 0) is 30.7 Å². The number of hydrogen-bond donors (Lipinski definition) is 1. The molecule has 0 aliphatic carbocycles. The van der Waals surface area contributed by atoms with E-state index in [1.54, 1.807) is 24.7 Å². The second-order valence-corrected chi connectivity index (χ2v) is 6.49. The predicted octanol–water partition coefficient (Wildman–Crippen LogP) is 2.13. The van der Waals surface area contributed by atoms with Crippen LogP contribution in [0.5, 0.6) is 0 Å². The van der Waals surface area contributed by atoms with E-state index in [9.17, 15) is 4.79 Å². The second-order valence-electron chi connectivity index (χ2n) is 6.49. The summed E-state index contributed by atoms with van der Waals surface area (Å²) in [7, 11) is 3.96. The average Bonchev–Trinajstić information content (AvgIpc) is 3.21. The van der Waals surface area contributed by atoms with E-state index in [0.29, 0.717) is 24.6 Å². The SMILES string of the molecule is CN(C)c1nc(-c2ccncc2)nc2c1CCN(C(=O)c1ccc[nH]1)C2. The van der Waals surface area contributed by atoms with Gasteiger partial charge in [-0.3, -0.25) is 9.78 Å². The van der Waals surface area contributed by atoms with E-state index in [4.69, 9.17) is 9.97 Å². The van der Waals surface area contributed by atoms with Crippen LogP contribution in [0.2, 0.25) is 0 Å². The van der Waals surface area contributed by atoms with Crippen LogP contribution in [-0.4, -0.2) is 51.4 Å². The number of hydrogen-bond acceptors (Lipinski definition) is 5. The zero-order valence-electron chi connectivity index (χ0n) is 14.8. The van der Waals surface area contributed by atoms with Crippen molar-refractivity contribution in [3.8, 4) is 11.4 Å². The molecule has 0 bridgehead atoms. The van der Waals surface area contributed by atoms with Gasteiger partial charge in [0.1, 0.15) is 11.5 Å². The summed E-state index contributed by atoms with van der Waals surface area (Å²) in [6.45, 7) is 1.14. The van der Waals surface area contributed by atoms with E-state index in [-0.39, 0.29) is 5.91 Å². The highest BCUT2D eigenvalue weighted by Crippen LogP contribution is 2.28. The van der Waals surface area contributed by atoms with Crippen molar-refractivity contribution in [2.24, 2.45) is 0 Å². The minimum atomic E-state index is -0.00359. The van der Waals surface area contributed by atoms with Crippen LogP contribution in [0.1, 0.15) is 21.7 Å². The molecule has 7 nitrogen and oxygen atoms in total.